The van der Waals surface area contributed by atoms with E-state index in [1.807, 2.05) is 30.3 Å². The zero-order chi connectivity index (χ0) is 23.7. The van der Waals surface area contributed by atoms with Gasteiger partial charge in [-0.25, -0.2) is 0 Å². The van der Waals surface area contributed by atoms with Crippen molar-refractivity contribution in [1.82, 2.24) is 5.32 Å². The van der Waals surface area contributed by atoms with Gasteiger partial charge in [-0.05, 0) is 48.2 Å². The highest BCUT2D eigenvalue weighted by atomic mass is 16.6. The summed E-state index contributed by atoms with van der Waals surface area (Å²) in [5, 5.41) is 2.85. The van der Waals surface area contributed by atoms with E-state index in [1.165, 1.54) is 0 Å². The summed E-state index contributed by atoms with van der Waals surface area (Å²) < 4.78 is 28.6. The Bertz CT molecular complexity index is 1100. The Morgan fingerprint density at radius 2 is 1.94 bits per heavy atom. The molecule has 2 aromatic rings. The molecule has 8 heteroatoms. The molecule has 1 saturated heterocycles. The summed E-state index contributed by atoms with van der Waals surface area (Å²) in [5.41, 5.74) is 2.62. The lowest BCUT2D eigenvalue weighted by atomic mass is 9.69. The van der Waals surface area contributed by atoms with E-state index < -0.39 is 5.41 Å². The highest BCUT2D eigenvalue weighted by molar-refractivity contribution is 5.99. The molecular formula is C26H29NO7. The van der Waals surface area contributed by atoms with Crippen LogP contribution < -0.4 is 19.5 Å². The third-order valence-corrected chi connectivity index (χ3v) is 7.00. The Labute approximate surface area is 198 Å². The van der Waals surface area contributed by atoms with Gasteiger partial charge in [0, 0.05) is 24.1 Å². The lowest BCUT2D eigenvalue weighted by Crippen LogP contribution is -2.45. The van der Waals surface area contributed by atoms with Crippen molar-refractivity contribution in [2.75, 3.05) is 34.0 Å². The normalized spacial score (nSPS) is 20.2. The van der Waals surface area contributed by atoms with Crippen LogP contribution in [0.3, 0.4) is 0 Å². The third-order valence-electron chi connectivity index (χ3n) is 7.00. The minimum absolute atomic E-state index is 0.0663. The quantitative estimate of drug-likeness (QED) is 0.594. The Hall–Kier alpha value is -3.26. The van der Waals surface area contributed by atoms with Gasteiger partial charge in [0.1, 0.15) is 18.1 Å². The van der Waals surface area contributed by atoms with Crippen LogP contribution >= 0.6 is 0 Å². The lowest BCUT2D eigenvalue weighted by molar-refractivity contribution is -0.170. The van der Waals surface area contributed by atoms with Crippen molar-refractivity contribution in [3.05, 3.63) is 41.5 Å². The number of carbonyl (C=O) groups is 2. The molecule has 0 unspecified atom stereocenters. The van der Waals surface area contributed by atoms with Crippen molar-refractivity contribution < 1.29 is 33.3 Å². The van der Waals surface area contributed by atoms with E-state index in [9.17, 15) is 9.59 Å². The predicted octanol–water partition coefficient (Wildman–Crippen LogP) is 3.50. The number of ether oxygens (including phenoxy) is 5. The molecule has 3 aliphatic rings. The van der Waals surface area contributed by atoms with Crippen LogP contribution in [0.2, 0.25) is 0 Å². The number of hydrogen-bond donors (Lipinski definition) is 1. The first kappa shape index (κ1) is 22.5. The van der Waals surface area contributed by atoms with Gasteiger partial charge in [0.25, 0.3) is 5.91 Å². The van der Waals surface area contributed by atoms with E-state index in [-0.39, 0.29) is 24.6 Å². The molecule has 0 bridgehead atoms. The van der Waals surface area contributed by atoms with Gasteiger partial charge in [-0.3, -0.25) is 9.59 Å². The molecule has 1 N–H and O–H groups in total. The molecule has 5 rings (SSSR count). The van der Waals surface area contributed by atoms with Gasteiger partial charge in [0.15, 0.2) is 11.5 Å². The number of fused-ring (bicyclic) bond motifs is 1. The molecule has 0 radical (unpaired) electrons. The number of esters is 1. The van der Waals surface area contributed by atoms with Gasteiger partial charge >= 0.3 is 5.97 Å². The van der Waals surface area contributed by atoms with Crippen molar-refractivity contribution in [2.45, 2.75) is 38.3 Å². The molecule has 1 saturated carbocycles. The maximum absolute atomic E-state index is 13.1. The van der Waals surface area contributed by atoms with E-state index in [4.69, 9.17) is 23.7 Å². The minimum Gasteiger partial charge on any atom is -0.493 e. The molecule has 2 aromatic carbocycles. The third kappa shape index (κ3) is 3.96. The summed E-state index contributed by atoms with van der Waals surface area (Å²) in [6.45, 7) is 1.74. The lowest BCUT2D eigenvalue weighted by Gasteiger charge is -2.39. The van der Waals surface area contributed by atoms with Gasteiger partial charge in [-0.2, -0.15) is 0 Å². The maximum atomic E-state index is 13.1. The summed E-state index contributed by atoms with van der Waals surface area (Å²) in [4.78, 5) is 25.0. The number of nitrogens with one attached hydrogen (secondary N) is 1. The van der Waals surface area contributed by atoms with Crippen molar-refractivity contribution in [3.63, 3.8) is 0 Å². The number of hydrogen-bond acceptors (Lipinski definition) is 7. The fraction of sp³-hybridized carbons (Fsp3) is 0.462. The highest BCUT2D eigenvalue weighted by Crippen LogP contribution is 2.48. The topological polar surface area (TPSA) is 92.3 Å². The zero-order valence-corrected chi connectivity index (χ0v) is 19.5. The van der Waals surface area contributed by atoms with Crippen LogP contribution in [0.15, 0.2) is 30.3 Å². The van der Waals surface area contributed by atoms with E-state index in [0.29, 0.717) is 55.4 Å². The van der Waals surface area contributed by atoms with Crippen molar-refractivity contribution in [1.29, 1.82) is 0 Å². The standard InChI is InChI=1S/C26H29NO7/c1-30-21-7-6-19(16-4-5-20-17(12-16)13-27-24(20)28)22(23(21)31-2)33-15-26(9-3-10-26)25(29)34-18-8-11-32-14-18/h4-7,12,18H,3,8-11,13-15H2,1-2H3,(H,27,28)/t18-/m0/s1. The predicted molar refractivity (Wildman–Crippen MR) is 123 cm³/mol. The van der Waals surface area contributed by atoms with Crippen molar-refractivity contribution in [2.24, 2.45) is 5.41 Å². The SMILES string of the molecule is COc1ccc(-c2ccc3c(c2)CNC3=O)c(OCC2(C(=O)O[C@H]3CCOC3)CCC2)c1OC. The van der Waals surface area contributed by atoms with Crippen LogP contribution in [0, 0.1) is 5.41 Å². The first-order valence-electron chi connectivity index (χ1n) is 11.6. The molecule has 1 atom stereocenters. The molecule has 34 heavy (non-hydrogen) atoms. The van der Waals surface area contributed by atoms with E-state index >= 15 is 0 Å². The Balaban J connectivity index is 1.45. The van der Waals surface area contributed by atoms with Crippen LogP contribution in [0.4, 0.5) is 0 Å². The molecular weight excluding hydrogens is 438 g/mol. The molecule has 180 valence electrons. The van der Waals surface area contributed by atoms with Gasteiger partial charge < -0.3 is 29.0 Å². The van der Waals surface area contributed by atoms with Gasteiger partial charge in [-0.15, -0.1) is 0 Å². The number of rotatable bonds is 8. The van der Waals surface area contributed by atoms with Gasteiger partial charge in [-0.1, -0.05) is 12.5 Å². The van der Waals surface area contributed by atoms with Crippen LogP contribution in [0.1, 0.15) is 41.6 Å². The molecule has 1 amide bonds. The molecule has 0 aromatic heterocycles. The van der Waals surface area contributed by atoms with E-state index in [1.54, 1.807) is 14.2 Å². The second-order valence-corrected chi connectivity index (χ2v) is 9.05. The average Bonchev–Trinajstić information content (AvgIpc) is 3.47. The number of benzene rings is 2. The summed E-state index contributed by atoms with van der Waals surface area (Å²) in [7, 11) is 3.13. The summed E-state index contributed by atoms with van der Waals surface area (Å²) in [5.74, 6) is 1.21. The smallest absolute Gasteiger partial charge is 0.315 e. The maximum Gasteiger partial charge on any atom is 0.315 e. The molecule has 2 heterocycles. The summed E-state index contributed by atoms with van der Waals surface area (Å²) in [6, 6.07) is 9.43. The molecule has 2 aliphatic heterocycles. The fourth-order valence-electron chi connectivity index (χ4n) is 4.77. The van der Waals surface area contributed by atoms with E-state index in [2.05, 4.69) is 5.32 Å². The Morgan fingerprint density at radius 1 is 1.12 bits per heavy atom. The van der Waals surface area contributed by atoms with Crippen molar-refractivity contribution >= 4 is 11.9 Å². The first-order chi connectivity index (χ1) is 16.5. The Kier molecular flexibility index (Phi) is 6.08. The minimum atomic E-state index is -0.678. The largest absolute Gasteiger partial charge is 0.493 e. The van der Waals surface area contributed by atoms with E-state index in [0.717, 1.165) is 29.5 Å². The average molecular weight is 468 g/mol. The number of amides is 1. The zero-order valence-electron chi connectivity index (χ0n) is 19.5. The summed E-state index contributed by atoms with van der Waals surface area (Å²) >= 11 is 0. The van der Waals surface area contributed by atoms with Crippen molar-refractivity contribution in [3.8, 4) is 28.4 Å². The second kappa shape index (κ2) is 9.18. The fourth-order valence-corrected chi connectivity index (χ4v) is 4.77. The number of methoxy groups -OCH3 is 2. The van der Waals surface area contributed by atoms with Gasteiger partial charge in [0.2, 0.25) is 5.75 Å². The Morgan fingerprint density at radius 3 is 2.62 bits per heavy atom. The highest BCUT2D eigenvalue weighted by Gasteiger charge is 2.48. The molecule has 1 aliphatic carbocycles. The first-order valence-corrected chi connectivity index (χ1v) is 11.6. The molecule has 0 spiro atoms. The molecule has 2 fully saturated rings. The number of carbonyl (C=O) groups excluding carboxylic acids is 2. The molecule has 8 nitrogen and oxygen atoms in total. The second-order valence-electron chi connectivity index (χ2n) is 9.05. The van der Waals surface area contributed by atoms with Gasteiger partial charge in [0.05, 0.1) is 27.4 Å². The van der Waals surface area contributed by atoms with Crippen LogP contribution in [0.25, 0.3) is 11.1 Å². The summed E-state index contributed by atoms with van der Waals surface area (Å²) in [6.07, 6.45) is 2.93. The van der Waals surface area contributed by atoms with Crippen LogP contribution in [-0.4, -0.2) is 52.0 Å². The van der Waals surface area contributed by atoms with Crippen LogP contribution in [0.5, 0.6) is 17.2 Å². The monoisotopic (exact) mass is 467 g/mol. The van der Waals surface area contributed by atoms with Crippen LogP contribution in [-0.2, 0) is 20.8 Å².